The van der Waals surface area contributed by atoms with Crippen LogP contribution in [-0.2, 0) is 9.05 Å². The number of anilines is 1. The van der Waals surface area contributed by atoms with Crippen LogP contribution in [0.1, 0.15) is 18.4 Å². The van der Waals surface area contributed by atoms with Crippen LogP contribution >= 0.6 is 22.3 Å². The number of likely N-dealkylation sites (N-methyl/N-ethyl adjacent to an activating group) is 1. The standard InChI is InChI=1S/C22H25Cl2N5O3S/c1-28(9-2-3-10-33(24,30)31)13-15-12-26-22-17-11-16(7-8-19(17)27-14-29(15)22)32-20-6-4-5-18(25)21(20)23/h4-8,11,14-15H,2-3,9-10,12-13,25H2,1H3. The number of ether oxygens (including phenoxy) is 1. The number of halogens is 2. The van der Waals surface area contributed by atoms with Crippen molar-refractivity contribution in [1.82, 2.24) is 9.80 Å². The number of unbranched alkanes of at least 4 members (excludes halogenated alkanes) is 1. The summed E-state index contributed by atoms with van der Waals surface area (Å²) in [6, 6.07) is 11.1. The zero-order chi connectivity index (χ0) is 23.6. The highest BCUT2D eigenvalue weighted by Gasteiger charge is 2.32. The second-order valence-corrected chi connectivity index (χ2v) is 11.4. The summed E-state index contributed by atoms with van der Waals surface area (Å²) in [7, 11) is 3.86. The molecule has 1 atom stereocenters. The maximum Gasteiger partial charge on any atom is 0.232 e. The fourth-order valence-corrected chi connectivity index (χ4v) is 4.93. The van der Waals surface area contributed by atoms with Crippen LogP contribution in [0.4, 0.5) is 11.4 Å². The van der Waals surface area contributed by atoms with Gasteiger partial charge >= 0.3 is 0 Å². The molecule has 2 heterocycles. The van der Waals surface area contributed by atoms with Gasteiger partial charge in [-0.05, 0) is 56.8 Å². The van der Waals surface area contributed by atoms with E-state index in [1.165, 1.54) is 0 Å². The van der Waals surface area contributed by atoms with Crippen molar-refractivity contribution in [3.8, 4) is 11.5 Å². The van der Waals surface area contributed by atoms with Gasteiger partial charge in [0, 0.05) is 22.8 Å². The molecule has 0 aromatic heterocycles. The molecule has 4 rings (SSSR count). The third kappa shape index (κ3) is 5.78. The number of fused-ring (bicyclic) bond motifs is 3. The van der Waals surface area contributed by atoms with Crippen molar-refractivity contribution < 1.29 is 13.2 Å². The molecule has 0 saturated carbocycles. The summed E-state index contributed by atoms with van der Waals surface area (Å²) in [4.78, 5) is 13.6. The molecular weight excluding hydrogens is 485 g/mol. The van der Waals surface area contributed by atoms with E-state index in [2.05, 4.69) is 14.8 Å². The molecule has 2 aromatic rings. The van der Waals surface area contributed by atoms with Crippen molar-refractivity contribution in [2.45, 2.75) is 18.9 Å². The number of nitrogens with zero attached hydrogens (tertiary/aromatic N) is 4. The molecule has 0 aliphatic carbocycles. The Morgan fingerprint density at radius 1 is 1.27 bits per heavy atom. The number of amidine groups is 1. The Hall–Kier alpha value is -2.33. The van der Waals surface area contributed by atoms with Gasteiger partial charge in [-0.3, -0.25) is 4.99 Å². The van der Waals surface area contributed by atoms with Crippen molar-refractivity contribution in [2.75, 3.05) is 38.2 Å². The van der Waals surface area contributed by atoms with E-state index < -0.39 is 9.05 Å². The summed E-state index contributed by atoms with van der Waals surface area (Å²) in [6.07, 6.45) is 3.12. The molecule has 0 radical (unpaired) electrons. The minimum Gasteiger partial charge on any atom is -0.456 e. The average molecular weight is 510 g/mol. The van der Waals surface area contributed by atoms with Gasteiger partial charge in [0.15, 0.2) is 0 Å². The summed E-state index contributed by atoms with van der Waals surface area (Å²) < 4.78 is 28.1. The smallest absolute Gasteiger partial charge is 0.232 e. The Balaban J connectivity index is 1.40. The Morgan fingerprint density at radius 3 is 2.88 bits per heavy atom. The monoisotopic (exact) mass is 509 g/mol. The molecule has 0 fully saturated rings. The third-order valence-corrected chi connectivity index (χ3v) is 7.18. The summed E-state index contributed by atoms with van der Waals surface area (Å²) >= 11 is 6.26. The molecule has 2 aromatic carbocycles. The lowest BCUT2D eigenvalue weighted by atomic mass is 10.1. The summed E-state index contributed by atoms with van der Waals surface area (Å²) in [5.74, 6) is 1.97. The molecule has 0 spiro atoms. The van der Waals surface area contributed by atoms with Gasteiger partial charge in [0.1, 0.15) is 22.4 Å². The number of aliphatic imine (C=N–C) groups is 2. The first kappa shape index (κ1) is 23.8. The van der Waals surface area contributed by atoms with Gasteiger partial charge < -0.3 is 20.3 Å². The molecule has 176 valence electrons. The molecule has 2 aliphatic heterocycles. The minimum absolute atomic E-state index is 0.000158. The third-order valence-electron chi connectivity index (χ3n) is 5.54. The molecule has 8 nitrogen and oxygen atoms in total. The molecule has 2 N–H and O–H groups in total. The summed E-state index contributed by atoms with van der Waals surface area (Å²) in [6.45, 7) is 2.20. The van der Waals surface area contributed by atoms with Crippen LogP contribution in [-0.4, -0.2) is 68.9 Å². The zero-order valence-corrected chi connectivity index (χ0v) is 20.4. The lowest BCUT2D eigenvalue weighted by Crippen LogP contribution is -2.44. The number of nitrogen functional groups attached to an aromatic ring is 1. The van der Waals surface area contributed by atoms with Gasteiger partial charge in [0.2, 0.25) is 9.05 Å². The van der Waals surface area contributed by atoms with E-state index in [0.717, 1.165) is 36.6 Å². The van der Waals surface area contributed by atoms with Gasteiger partial charge in [-0.1, -0.05) is 17.7 Å². The largest absolute Gasteiger partial charge is 0.456 e. The predicted molar refractivity (Wildman–Crippen MR) is 134 cm³/mol. The number of hydrogen-bond acceptors (Lipinski definition) is 8. The Kier molecular flexibility index (Phi) is 7.13. The molecule has 0 bridgehead atoms. The first-order valence-electron chi connectivity index (χ1n) is 10.6. The van der Waals surface area contributed by atoms with E-state index in [0.29, 0.717) is 35.2 Å². The van der Waals surface area contributed by atoms with E-state index >= 15 is 0 Å². The van der Waals surface area contributed by atoms with Crippen LogP contribution in [0.2, 0.25) is 5.02 Å². The van der Waals surface area contributed by atoms with Gasteiger partial charge in [0.05, 0.1) is 36.1 Å². The maximum atomic E-state index is 11.1. The van der Waals surface area contributed by atoms with E-state index in [9.17, 15) is 8.42 Å². The first-order valence-corrected chi connectivity index (χ1v) is 13.4. The van der Waals surface area contributed by atoms with Gasteiger partial charge in [0.25, 0.3) is 0 Å². The van der Waals surface area contributed by atoms with Crippen molar-refractivity contribution in [1.29, 1.82) is 0 Å². The van der Waals surface area contributed by atoms with Crippen molar-refractivity contribution >= 4 is 54.9 Å². The number of rotatable bonds is 9. The van der Waals surface area contributed by atoms with Crippen LogP contribution in [0.3, 0.4) is 0 Å². The number of hydrogen-bond donors (Lipinski definition) is 1. The van der Waals surface area contributed by atoms with Gasteiger partial charge in [-0.15, -0.1) is 0 Å². The van der Waals surface area contributed by atoms with Crippen molar-refractivity contribution in [3.63, 3.8) is 0 Å². The van der Waals surface area contributed by atoms with E-state index in [4.69, 9.17) is 37.7 Å². The molecule has 1 unspecified atom stereocenters. The van der Waals surface area contributed by atoms with Crippen molar-refractivity contribution in [3.05, 3.63) is 47.0 Å². The summed E-state index contributed by atoms with van der Waals surface area (Å²) in [5, 5.41) is 0.375. The number of benzene rings is 2. The minimum atomic E-state index is -3.43. The maximum absolute atomic E-state index is 11.1. The first-order chi connectivity index (χ1) is 15.7. The van der Waals surface area contributed by atoms with Crippen LogP contribution in [0, 0.1) is 0 Å². The second-order valence-electron chi connectivity index (χ2n) is 8.12. The van der Waals surface area contributed by atoms with Crippen LogP contribution in [0.15, 0.2) is 46.4 Å². The Morgan fingerprint density at radius 2 is 2.09 bits per heavy atom. The lowest BCUT2D eigenvalue weighted by molar-refractivity contribution is 0.274. The van der Waals surface area contributed by atoms with Crippen LogP contribution in [0.25, 0.3) is 0 Å². The average Bonchev–Trinajstić information content (AvgIpc) is 3.17. The van der Waals surface area contributed by atoms with E-state index in [1.54, 1.807) is 18.2 Å². The predicted octanol–water partition coefficient (Wildman–Crippen LogP) is 4.10. The quantitative estimate of drug-likeness (QED) is 0.310. The molecule has 0 amide bonds. The van der Waals surface area contributed by atoms with Gasteiger partial charge in [-0.2, -0.15) is 0 Å². The molecule has 0 saturated heterocycles. The second kappa shape index (κ2) is 9.89. The lowest BCUT2D eigenvalue weighted by Gasteiger charge is -2.30. The zero-order valence-electron chi connectivity index (χ0n) is 18.1. The SMILES string of the molecule is CN(CCCCS(=O)(=O)Cl)CC1CN=C2c3cc(Oc4cccc(N)c4Cl)ccc3N=CN21. The molecular formula is C22H25Cl2N5O3S. The highest BCUT2D eigenvalue weighted by molar-refractivity contribution is 8.13. The normalized spacial score (nSPS) is 17.2. The molecule has 11 heteroatoms. The fourth-order valence-electron chi connectivity index (χ4n) is 3.89. The highest BCUT2D eigenvalue weighted by atomic mass is 35.7. The highest BCUT2D eigenvalue weighted by Crippen LogP contribution is 2.36. The fraction of sp³-hybridized carbons (Fsp3) is 0.364. The van der Waals surface area contributed by atoms with Crippen LogP contribution < -0.4 is 10.5 Å². The summed E-state index contributed by atoms with van der Waals surface area (Å²) in [5.41, 5.74) is 8.05. The number of nitrogens with two attached hydrogens (primary N) is 1. The molecule has 33 heavy (non-hydrogen) atoms. The Labute approximate surface area is 203 Å². The van der Waals surface area contributed by atoms with Crippen LogP contribution in [0.5, 0.6) is 11.5 Å². The Bertz CT molecular complexity index is 1200. The topological polar surface area (TPSA) is 101 Å². The van der Waals surface area contributed by atoms with E-state index in [-0.39, 0.29) is 11.8 Å². The molecule has 2 aliphatic rings. The van der Waals surface area contributed by atoms with Gasteiger partial charge in [-0.25, -0.2) is 13.4 Å². The van der Waals surface area contributed by atoms with E-state index in [1.807, 2.05) is 31.6 Å². The van der Waals surface area contributed by atoms with Crippen molar-refractivity contribution in [2.24, 2.45) is 9.98 Å².